The van der Waals surface area contributed by atoms with Gasteiger partial charge in [0.05, 0.1) is 5.75 Å². The Morgan fingerprint density at radius 2 is 2.05 bits per heavy atom. The molecule has 0 saturated carbocycles. The molecule has 0 bridgehead atoms. The van der Waals surface area contributed by atoms with Gasteiger partial charge in [-0.3, -0.25) is 4.79 Å². The number of hydrogen-bond acceptors (Lipinski definition) is 5. The van der Waals surface area contributed by atoms with Gasteiger partial charge >= 0.3 is 0 Å². The molecule has 1 amide bonds. The van der Waals surface area contributed by atoms with E-state index >= 15 is 0 Å². The second-order valence-corrected chi connectivity index (χ2v) is 6.45. The summed E-state index contributed by atoms with van der Waals surface area (Å²) in [6, 6.07) is 0. The third-order valence-electron chi connectivity index (χ3n) is 2.82. The van der Waals surface area contributed by atoms with Gasteiger partial charge in [0.2, 0.25) is 5.91 Å². The van der Waals surface area contributed by atoms with Crippen molar-refractivity contribution in [3.05, 3.63) is 16.3 Å². The Hall–Kier alpha value is -1.14. The normalized spacial score (nSPS) is 10.9. The lowest BCUT2D eigenvalue weighted by Crippen LogP contribution is -2.24. The van der Waals surface area contributed by atoms with E-state index in [0.717, 1.165) is 21.1 Å². The number of aryl methyl sites for hydroxylation is 3. The van der Waals surface area contributed by atoms with Gasteiger partial charge in [-0.15, -0.1) is 11.3 Å². The maximum atomic E-state index is 11.6. The molecule has 2 aromatic rings. The molecule has 0 aliphatic heterocycles. The minimum Gasteiger partial charge on any atom is -0.356 e. The van der Waals surface area contributed by atoms with Gasteiger partial charge in [-0.1, -0.05) is 11.8 Å². The van der Waals surface area contributed by atoms with Crippen LogP contribution in [-0.4, -0.2) is 28.2 Å². The predicted molar refractivity (Wildman–Crippen MR) is 81.0 cm³/mol. The first-order valence-corrected chi connectivity index (χ1v) is 7.97. The Morgan fingerprint density at radius 3 is 2.74 bits per heavy atom. The number of rotatable bonds is 4. The van der Waals surface area contributed by atoms with Crippen LogP contribution < -0.4 is 5.32 Å². The Balaban J connectivity index is 2.33. The van der Waals surface area contributed by atoms with Gasteiger partial charge < -0.3 is 5.32 Å². The number of aromatic nitrogens is 2. The zero-order chi connectivity index (χ0) is 14.0. The number of thioether (sulfide) groups is 1. The molecule has 0 aliphatic carbocycles. The van der Waals surface area contributed by atoms with Crippen LogP contribution >= 0.6 is 23.1 Å². The molecule has 2 aromatic heterocycles. The van der Waals surface area contributed by atoms with Crippen molar-refractivity contribution in [3.8, 4) is 0 Å². The number of amides is 1. The van der Waals surface area contributed by atoms with Crippen molar-refractivity contribution < 1.29 is 4.79 Å². The molecule has 19 heavy (non-hydrogen) atoms. The summed E-state index contributed by atoms with van der Waals surface area (Å²) in [5.74, 6) is 1.20. The summed E-state index contributed by atoms with van der Waals surface area (Å²) < 4.78 is 0. The molecule has 0 fully saturated rings. The molecule has 0 radical (unpaired) electrons. The summed E-state index contributed by atoms with van der Waals surface area (Å²) in [6.45, 7) is 8.65. The number of nitrogens with one attached hydrogen (secondary N) is 1. The molecule has 0 aromatic carbocycles. The lowest BCUT2D eigenvalue weighted by atomic mass is 10.2. The molecule has 2 rings (SSSR count). The highest BCUT2D eigenvalue weighted by atomic mass is 32.2. The van der Waals surface area contributed by atoms with Gasteiger partial charge in [0, 0.05) is 16.8 Å². The van der Waals surface area contributed by atoms with Gasteiger partial charge in [0.15, 0.2) is 0 Å². The minimum atomic E-state index is 0.0431. The Bertz CT molecular complexity index is 622. The maximum Gasteiger partial charge on any atom is 0.230 e. The monoisotopic (exact) mass is 295 g/mol. The highest BCUT2D eigenvalue weighted by Crippen LogP contribution is 2.34. The summed E-state index contributed by atoms with van der Waals surface area (Å²) in [5, 5.41) is 4.81. The van der Waals surface area contributed by atoms with Crippen LogP contribution in [0, 0.1) is 20.8 Å². The standard InChI is InChI=1S/C13H17N3OS2/c1-5-14-10(17)6-18-12-11-7(2)8(3)19-13(11)16-9(4)15-12/h5-6H2,1-4H3,(H,14,17). The Kier molecular flexibility index (Phi) is 4.42. The van der Waals surface area contributed by atoms with E-state index in [4.69, 9.17) is 0 Å². The van der Waals surface area contributed by atoms with E-state index < -0.39 is 0 Å². The Morgan fingerprint density at radius 1 is 1.32 bits per heavy atom. The summed E-state index contributed by atoms with van der Waals surface area (Å²) in [4.78, 5) is 22.8. The number of fused-ring (bicyclic) bond motifs is 1. The molecule has 102 valence electrons. The van der Waals surface area contributed by atoms with Crippen molar-refractivity contribution in [2.24, 2.45) is 0 Å². The summed E-state index contributed by atoms with van der Waals surface area (Å²) >= 11 is 3.17. The van der Waals surface area contributed by atoms with E-state index in [-0.39, 0.29) is 5.91 Å². The lowest BCUT2D eigenvalue weighted by Gasteiger charge is -2.05. The fourth-order valence-corrected chi connectivity index (χ4v) is 3.90. The average molecular weight is 295 g/mol. The smallest absolute Gasteiger partial charge is 0.230 e. The van der Waals surface area contributed by atoms with Crippen LogP contribution in [0.25, 0.3) is 10.2 Å². The van der Waals surface area contributed by atoms with E-state index in [9.17, 15) is 4.79 Å². The quantitative estimate of drug-likeness (QED) is 0.696. The number of hydrogen-bond donors (Lipinski definition) is 1. The van der Waals surface area contributed by atoms with Crippen molar-refractivity contribution in [1.82, 2.24) is 15.3 Å². The molecule has 0 atom stereocenters. The number of carbonyl (C=O) groups excluding carboxylic acids is 1. The SMILES string of the molecule is CCNC(=O)CSc1nc(C)nc2sc(C)c(C)c12. The van der Waals surface area contributed by atoms with E-state index in [1.54, 1.807) is 11.3 Å². The van der Waals surface area contributed by atoms with Gasteiger partial charge in [-0.05, 0) is 33.3 Å². The molecule has 0 unspecified atom stereocenters. The van der Waals surface area contributed by atoms with E-state index in [1.807, 2.05) is 13.8 Å². The zero-order valence-electron chi connectivity index (χ0n) is 11.5. The first-order valence-electron chi connectivity index (χ1n) is 6.16. The molecule has 0 saturated heterocycles. The largest absolute Gasteiger partial charge is 0.356 e. The average Bonchev–Trinajstić information content (AvgIpc) is 2.62. The third-order valence-corrected chi connectivity index (χ3v) is 4.90. The van der Waals surface area contributed by atoms with Crippen LogP contribution in [0.5, 0.6) is 0 Å². The van der Waals surface area contributed by atoms with Gasteiger partial charge in [-0.25, -0.2) is 9.97 Å². The topological polar surface area (TPSA) is 54.9 Å². The molecule has 1 N–H and O–H groups in total. The lowest BCUT2D eigenvalue weighted by molar-refractivity contribution is -0.118. The molecular weight excluding hydrogens is 278 g/mol. The molecule has 0 spiro atoms. The third kappa shape index (κ3) is 3.06. The van der Waals surface area contributed by atoms with E-state index in [1.165, 1.54) is 22.2 Å². The van der Waals surface area contributed by atoms with Crippen LogP contribution in [0.4, 0.5) is 0 Å². The van der Waals surface area contributed by atoms with Crippen molar-refractivity contribution in [2.45, 2.75) is 32.7 Å². The first kappa shape index (κ1) is 14.3. The molecule has 4 nitrogen and oxygen atoms in total. The van der Waals surface area contributed by atoms with Crippen molar-refractivity contribution >= 4 is 39.2 Å². The summed E-state index contributed by atoms with van der Waals surface area (Å²) in [6.07, 6.45) is 0. The predicted octanol–water partition coefficient (Wildman–Crippen LogP) is 2.84. The number of nitrogens with zero attached hydrogens (tertiary/aromatic N) is 2. The fourth-order valence-electron chi connectivity index (χ4n) is 1.80. The van der Waals surface area contributed by atoms with Gasteiger partial charge in [0.1, 0.15) is 15.7 Å². The van der Waals surface area contributed by atoms with Crippen molar-refractivity contribution in [2.75, 3.05) is 12.3 Å². The van der Waals surface area contributed by atoms with Crippen LogP contribution in [0.15, 0.2) is 5.03 Å². The highest BCUT2D eigenvalue weighted by Gasteiger charge is 2.14. The zero-order valence-corrected chi connectivity index (χ0v) is 13.2. The second kappa shape index (κ2) is 5.88. The summed E-state index contributed by atoms with van der Waals surface area (Å²) in [7, 11) is 0. The van der Waals surface area contributed by atoms with Gasteiger partial charge in [0.25, 0.3) is 0 Å². The van der Waals surface area contributed by atoms with Crippen molar-refractivity contribution in [1.29, 1.82) is 0 Å². The summed E-state index contributed by atoms with van der Waals surface area (Å²) in [5.41, 5.74) is 1.22. The number of carbonyl (C=O) groups is 1. The number of thiophene rings is 1. The highest BCUT2D eigenvalue weighted by molar-refractivity contribution is 8.00. The van der Waals surface area contributed by atoms with Crippen LogP contribution in [0.1, 0.15) is 23.2 Å². The molecule has 0 aliphatic rings. The van der Waals surface area contributed by atoms with E-state index in [0.29, 0.717) is 12.3 Å². The fraction of sp³-hybridized carbons (Fsp3) is 0.462. The van der Waals surface area contributed by atoms with E-state index in [2.05, 4.69) is 29.1 Å². The van der Waals surface area contributed by atoms with Gasteiger partial charge in [-0.2, -0.15) is 0 Å². The molecule has 6 heteroatoms. The maximum absolute atomic E-state index is 11.6. The van der Waals surface area contributed by atoms with Crippen molar-refractivity contribution in [3.63, 3.8) is 0 Å². The Labute approximate surface area is 121 Å². The minimum absolute atomic E-state index is 0.0431. The van der Waals surface area contributed by atoms with Crippen LogP contribution in [0.2, 0.25) is 0 Å². The molecular formula is C13H17N3OS2. The molecule has 2 heterocycles. The first-order chi connectivity index (χ1) is 9.02. The second-order valence-electron chi connectivity index (χ2n) is 4.28. The van der Waals surface area contributed by atoms with Crippen LogP contribution in [0.3, 0.4) is 0 Å². The van der Waals surface area contributed by atoms with Crippen LogP contribution in [-0.2, 0) is 4.79 Å².